The molecule has 0 bridgehead atoms. The lowest BCUT2D eigenvalue weighted by Gasteiger charge is -2.54. The van der Waals surface area contributed by atoms with Crippen LogP contribution in [0.1, 0.15) is 69.2 Å². The van der Waals surface area contributed by atoms with E-state index in [1.54, 1.807) is 13.8 Å². The molecule has 0 radical (unpaired) electrons. The molecule has 12 nitrogen and oxygen atoms in total. The SMILES string of the molecule is CCOC(OCC)(OCC)C(OC)OC1(C)OC(C)C(C)OC1(C)OC(OC)C(OCC)(OCC)OCC. The predicted molar refractivity (Wildman–Crippen MR) is 137 cm³/mol. The van der Waals surface area contributed by atoms with Gasteiger partial charge in [0.15, 0.2) is 0 Å². The van der Waals surface area contributed by atoms with Crippen LogP contribution in [0.25, 0.3) is 0 Å². The molecule has 12 heteroatoms. The highest BCUT2D eigenvalue weighted by Crippen LogP contribution is 2.44. The second-order valence-corrected chi connectivity index (χ2v) is 8.71. The summed E-state index contributed by atoms with van der Waals surface area (Å²) in [6, 6.07) is 0. The summed E-state index contributed by atoms with van der Waals surface area (Å²) in [4.78, 5) is 0. The average Bonchev–Trinajstić information content (AvgIpc) is 2.85. The van der Waals surface area contributed by atoms with Crippen molar-refractivity contribution in [3.8, 4) is 0 Å². The van der Waals surface area contributed by atoms with Gasteiger partial charge in [0.05, 0.1) is 12.2 Å². The first-order valence-corrected chi connectivity index (χ1v) is 13.6. The summed E-state index contributed by atoms with van der Waals surface area (Å²) in [5.41, 5.74) is 0. The summed E-state index contributed by atoms with van der Waals surface area (Å²) in [5, 5.41) is 0. The van der Waals surface area contributed by atoms with Gasteiger partial charge in [-0.2, -0.15) is 0 Å². The van der Waals surface area contributed by atoms with Crippen molar-refractivity contribution >= 4 is 0 Å². The number of hydrogen-bond donors (Lipinski definition) is 0. The molecule has 1 aliphatic heterocycles. The Balaban J connectivity index is 3.57. The first kappa shape index (κ1) is 35.5. The molecule has 1 rings (SSSR count). The molecule has 1 fully saturated rings. The van der Waals surface area contributed by atoms with Gasteiger partial charge < -0.3 is 56.8 Å². The predicted octanol–water partition coefficient (Wildman–Crippen LogP) is 3.75. The van der Waals surface area contributed by atoms with Crippen LogP contribution in [0.2, 0.25) is 0 Å². The van der Waals surface area contributed by atoms with E-state index in [2.05, 4.69) is 0 Å². The number of methoxy groups -OCH3 is 2. The molecule has 0 aromatic rings. The molecule has 1 heterocycles. The maximum Gasteiger partial charge on any atom is 0.337 e. The van der Waals surface area contributed by atoms with Crippen molar-refractivity contribution in [3.05, 3.63) is 0 Å². The van der Waals surface area contributed by atoms with Crippen molar-refractivity contribution in [2.45, 2.75) is 118 Å². The summed E-state index contributed by atoms with van der Waals surface area (Å²) in [5.74, 6) is -6.58. The van der Waals surface area contributed by atoms with Crippen LogP contribution in [-0.4, -0.2) is 102 Å². The fraction of sp³-hybridized carbons (Fsp3) is 1.00. The first-order chi connectivity index (χ1) is 18.0. The fourth-order valence-corrected chi connectivity index (χ4v) is 4.19. The molecule has 0 N–H and O–H groups in total. The van der Waals surface area contributed by atoms with E-state index in [0.717, 1.165) is 0 Å². The van der Waals surface area contributed by atoms with Crippen LogP contribution in [-0.2, 0) is 56.8 Å². The van der Waals surface area contributed by atoms with Gasteiger partial charge in [-0.15, -0.1) is 0 Å². The van der Waals surface area contributed by atoms with E-state index in [4.69, 9.17) is 56.8 Å². The molecule has 6 unspecified atom stereocenters. The third-order valence-electron chi connectivity index (χ3n) is 6.05. The molecule has 0 amide bonds. The van der Waals surface area contributed by atoms with Crippen molar-refractivity contribution in [2.75, 3.05) is 53.9 Å². The summed E-state index contributed by atoms with van der Waals surface area (Å²) in [7, 11) is 2.91. The first-order valence-electron chi connectivity index (χ1n) is 13.6. The topological polar surface area (TPSA) is 111 Å². The lowest BCUT2D eigenvalue weighted by atomic mass is 10.0. The Morgan fingerprint density at radius 2 is 0.789 bits per heavy atom. The highest BCUT2D eigenvalue weighted by Gasteiger charge is 2.62. The molecular weight excluding hydrogens is 504 g/mol. The highest BCUT2D eigenvalue weighted by atomic mass is 16.9. The normalized spacial score (nSPS) is 28.4. The van der Waals surface area contributed by atoms with E-state index in [0.29, 0.717) is 0 Å². The standard InChI is InChI=1S/C26H52O12/c1-13-29-25(30-14-2,31-15-3)21(27-11)37-23(9)24(10,36-20(8)19(7)35-23)38-22(28-12)26(32-16-4,33-17-5)34-18-6/h19-22H,13-18H2,1-12H3. The van der Waals surface area contributed by atoms with Crippen LogP contribution in [0.3, 0.4) is 0 Å². The minimum Gasteiger partial charge on any atom is -0.349 e. The van der Waals surface area contributed by atoms with Crippen molar-refractivity contribution in [3.63, 3.8) is 0 Å². The van der Waals surface area contributed by atoms with Crippen molar-refractivity contribution in [2.24, 2.45) is 0 Å². The molecule has 0 aliphatic carbocycles. The monoisotopic (exact) mass is 556 g/mol. The van der Waals surface area contributed by atoms with Gasteiger partial charge in [-0.1, -0.05) is 0 Å². The van der Waals surface area contributed by atoms with Crippen LogP contribution < -0.4 is 0 Å². The molecule has 1 aliphatic rings. The largest absolute Gasteiger partial charge is 0.349 e. The van der Waals surface area contributed by atoms with Gasteiger partial charge in [0.1, 0.15) is 0 Å². The van der Waals surface area contributed by atoms with E-state index in [-0.39, 0.29) is 51.8 Å². The molecule has 0 aromatic carbocycles. The van der Waals surface area contributed by atoms with E-state index >= 15 is 0 Å². The third-order valence-corrected chi connectivity index (χ3v) is 6.05. The third kappa shape index (κ3) is 8.05. The van der Waals surface area contributed by atoms with Gasteiger partial charge in [-0.3, -0.25) is 0 Å². The van der Waals surface area contributed by atoms with Crippen LogP contribution in [0.15, 0.2) is 0 Å². The maximum absolute atomic E-state index is 6.48. The summed E-state index contributed by atoms with van der Waals surface area (Å²) in [6.07, 6.45) is -3.19. The Morgan fingerprint density at radius 1 is 0.553 bits per heavy atom. The maximum atomic E-state index is 6.48. The molecule has 38 heavy (non-hydrogen) atoms. The van der Waals surface area contributed by atoms with Crippen molar-refractivity contribution < 1.29 is 56.8 Å². The quantitative estimate of drug-likeness (QED) is 0.204. The Labute approximate surface area is 228 Å². The van der Waals surface area contributed by atoms with Gasteiger partial charge in [-0.25, -0.2) is 0 Å². The van der Waals surface area contributed by atoms with E-state index in [1.165, 1.54) is 14.2 Å². The average molecular weight is 557 g/mol. The smallest absolute Gasteiger partial charge is 0.337 e. The Hall–Kier alpha value is -0.480. The molecular formula is C26H52O12. The Bertz CT molecular complexity index is 564. The van der Waals surface area contributed by atoms with E-state index in [1.807, 2.05) is 55.4 Å². The lowest BCUT2D eigenvalue weighted by Crippen LogP contribution is -2.70. The van der Waals surface area contributed by atoms with Crippen LogP contribution in [0, 0.1) is 0 Å². The zero-order valence-corrected chi connectivity index (χ0v) is 25.5. The molecule has 1 saturated heterocycles. The summed E-state index contributed by atoms with van der Waals surface area (Å²) in [6.45, 7) is 19.6. The second-order valence-electron chi connectivity index (χ2n) is 8.71. The minimum absolute atomic E-state index is 0.268. The lowest BCUT2D eigenvalue weighted by molar-refractivity contribution is -0.543. The fourth-order valence-electron chi connectivity index (χ4n) is 4.19. The summed E-state index contributed by atoms with van der Waals surface area (Å²) >= 11 is 0. The van der Waals surface area contributed by atoms with E-state index in [9.17, 15) is 0 Å². The van der Waals surface area contributed by atoms with Crippen LogP contribution >= 0.6 is 0 Å². The van der Waals surface area contributed by atoms with Gasteiger partial charge in [0.2, 0.25) is 24.2 Å². The highest BCUT2D eigenvalue weighted by molar-refractivity contribution is 4.91. The summed E-state index contributed by atoms with van der Waals surface area (Å²) < 4.78 is 72.6. The Kier molecular flexibility index (Phi) is 15.0. The number of rotatable bonds is 20. The number of ether oxygens (including phenoxy) is 12. The van der Waals surface area contributed by atoms with E-state index < -0.39 is 36.1 Å². The van der Waals surface area contributed by atoms with Gasteiger partial charge >= 0.3 is 11.9 Å². The Morgan fingerprint density at radius 3 is 0.974 bits per heavy atom. The molecule has 0 aromatic heterocycles. The zero-order valence-electron chi connectivity index (χ0n) is 25.5. The molecule has 0 spiro atoms. The van der Waals surface area contributed by atoms with Crippen molar-refractivity contribution in [1.29, 1.82) is 0 Å². The second kappa shape index (κ2) is 16.1. The zero-order chi connectivity index (χ0) is 29.0. The van der Waals surface area contributed by atoms with Crippen molar-refractivity contribution in [1.82, 2.24) is 0 Å². The minimum atomic E-state index is -1.68. The van der Waals surface area contributed by atoms with Crippen LogP contribution in [0.4, 0.5) is 0 Å². The molecule has 0 saturated carbocycles. The van der Waals surface area contributed by atoms with Crippen LogP contribution in [0.5, 0.6) is 0 Å². The van der Waals surface area contributed by atoms with Gasteiger partial charge in [0.25, 0.3) is 0 Å². The van der Waals surface area contributed by atoms with Gasteiger partial charge in [0, 0.05) is 53.9 Å². The molecule has 6 atom stereocenters. The van der Waals surface area contributed by atoms with Gasteiger partial charge in [-0.05, 0) is 69.2 Å². The molecule has 228 valence electrons. The number of hydrogen-bond acceptors (Lipinski definition) is 12.